The summed E-state index contributed by atoms with van der Waals surface area (Å²) in [5.41, 5.74) is -0.0155. The lowest BCUT2D eigenvalue weighted by molar-refractivity contribution is -0.116. The van der Waals surface area contributed by atoms with Crippen molar-refractivity contribution in [3.63, 3.8) is 0 Å². The zero-order valence-electron chi connectivity index (χ0n) is 14.4. The van der Waals surface area contributed by atoms with Gasteiger partial charge in [-0.15, -0.1) is 0 Å². The number of carbonyl (C=O) groups excluding carboxylic acids is 2. The molecule has 27 heavy (non-hydrogen) atoms. The van der Waals surface area contributed by atoms with Gasteiger partial charge in [-0.25, -0.2) is 17.2 Å². The Labute approximate surface area is 159 Å². The zero-order chi connectivity index (χ0) is 20.0. The first-order valence-electron chi connectivity index (χ1n) is 7.91. The fraction of sp³-hybridized carbons (Fsp3) is 0.294. The number of amides is 2. The maximum Gasteiger partial charge on any atom is 0.265 e. The number of alkyl halides is 2. The predicted octanol–water partition coefficient (Wildman–Crippen LogP) is 3.24. The molecule has 146 valence electrons. The van der Waals surface area contributed by atoms with Gasteiger partial charge in [0.1, 0.15) is 0 Å². The van der Waals surface area contributed by atoms with Gasteiger partial charge in [0.2, 0.25) is 5.91 Å². The Morgan fingerprint density at radius 1 is 1.22 bits per heavy atom. The standard InChI is InChI=1S/C17H18F2N2O4S2/c1-27(24,25)14-5-4-12(9-13(14)16(18)19)21-15(22)3-2-7-20-17(23)11-6-8-26-10-11/h4-6,8-10,16H,2-3,7H2,1H3,(H,20,23)(H,21,22). The molecule has 0 saturated carbocycles. The molecule has 1 aromatic heterocycles. The fourth-order valence-corrected chi connectivity index (χ4v) is 3.83. The minimum absolute atomic E-state index is 0.0712. The summed E-state index contributed by atoms with van der Waals surface area (Å²) < 4.78 is 49.3. The molecule has 0 bridgehead atoms. The second-order valence-electron chi connectivity index (χ2n) is 5.75. The van der Waals surface area contributed by atoms with Crippen LogP contribution in [0, 0.1) is 0 Å². The first kappa shape index (κ1) is 21.0. The Kier molecular flexibility index (Phi) is 7.03. The summed E-state index contributed by atoms with van der Waals surface area (Å²) >= 11 is 1.40. The van der Waals surface area contributed by atoms with Gasteiger partial charge in [-0.2, -0.15) is 11.3 Å². The van der Waals surface area contributed by atoms with Crippen LogP contribution in [0.15, 0.2) is 39.9 Å². The molecule has 1 heterocycles. The molecule has 2 amide bonds. The molecular formula is C17H18F2N2O4S2. The van der Waals surface area contributed by atoms with E-state index in [2.05, 4.69) is 10.6 Å². The van der Waals surface area contributed by atoms with Crippen LogP contribution in [-0.4, -0.2) is 33.0 Å². The number of rotatable bonds is 8. The molecule has 2 N–H and O–H groups in total. The van der Waals surface area contributed by atoms with Crippen molar-refractivity contribution in [2.75, 3.05) is 18.1 Å². The summed E-state index contributed by atoms with van der Waals surface area (Å²) in [6.45, 7) is 0.289. The lowest BCUT2D eigenvalue weighted by Crippen LogP contribution is -2.25. The number of anilines is 1. The van der Waals surface area contributed by atoms with E-state index in [1.54, 1.807) is 16.8 Å². The van der Waals surface area contributed by atoms with Crippen LogP contribution in [0.3, 0.4) is 0 Å². The minimum atomic E-state index is -3.80. The molecule has 6 nitrogen and oxygen atoms in total. The number of benzene rings is 1. The number of thiophene rings is 1. The molecule has 0 spiro atoms. The lowest BCUT2D eigenvalue weighted by atomic mass is 10.2. The van der Waals surface area contributed by atoms with Gasteiger partial charge in [0.05, 0.1) is 4.90 Å². The third kappa shape index (κ3) is 6.10. The Morgan fingerprint density at radius 3 is 2.56 bits per heavy atom. The topological polar surface area (TPSA) is 92.3 Å². The Bertz CT molecular complexity index is 913. The maximum atomic E-state index is 13.1. The fourth-order valence-electron chi connectivity index (χ4n) is 2.30. The molecule has 0 unspecified atom stereocenters. The number of halogens is 2. The molecule has 0 saturated heterocycles. The Morgan fingerprint density at radius 2 is 1.96 bits per heavy atom. The summed E-state index contributed by atoms with van der Waals surface area (Å²) in [4.78, 5) is 23.2. The second-order valence-corrected chi connectivity index (χ2v) is 8.51. The highest BCUT2D eigenvalue weighted by atomic mass is 32.2. The van der Waals surface area contributed by atoms with E-state index in [1.165, 1.54) is 17.4 Å². The van der Waals surface area contributed by atoms with E-state index in [4.69, 9.17) is 0 Å². The smallest absolute Gasteiger partial charge is 0.265 e. The first-order valence-corrected chi connectivity index (χ1v) is 10.7. The van der Waals surface area contributed by atoms with E-state index in [0.717, 1.165) is 18.4 Å². The molecule has 0 fully saturated rings. The highest BCUT2D eigenvalue weighted by Gasteiger charge is 2.20. The molecule has 2 aromatic rings. The molecule has 0 atom stereocenters. The van der Waals surface area contributed by atoms with Crippen molar-refractivity contribution >= 4 is 38.7 Å². The third-order valence-corrected chi connectivity index (χ3v) is 5.43. The normalized spacial score (nSPS) is 11.4. The number of hydrogen-bond donors (Lipinski definition) is 2. The molecule has 0 radical (unpaired) electrons. The SMILES string of the molecule is CS(=O)(=O)c1ccc(NC(=O)CCCNC(=O)c2ccsc2)cc1C(F)F. The molecule has 0 aliphatic rings. The van der Waals surface area contributed by atoms with Crippen molar-refractivity contribution in [3.8, 4) is 0 Å². The Hall–Kier alpha value is -2.33. The molecule has 1 aromatic carbocycles. The van der Waals surface area contributed by atoms with Crippen LogP contribution in [0.2, 0.25) is 0 Å². The van der Waals surface area contributed by atoms with Crippen LogP contribution in [0.4, 0.5) is 14.5 Å². The quantitative estimate of drug-likeness (QED) is 0.646. The Balaban J connectivity index is 1.88. The van der Waals surface area contributed by atoms with Crippen molar-refractivity contribution in [1.82, 2.24) is 5.32 Å². The molecule has 2 rings (SSSR count). The van der Waals surface area contributed by atoms with Gasteiger partial charge in [-0.05, 0) is 36.1 Å². The van der Waals surface area contributed by atoms with Crippen LogP contribution >= 0.6 is 11.3 Å². The van der Waals surface area contributed by atoms with E-state index < -0.39 is 32.6 Å². The third-order valence-electron chi connectivity index (χ3n) is 3.58. The van der Waals surface area contributed by atoms with Gasteiger partial charge in [0, 0.05) is 41.4 Å². The van der Waals surface area contributed by atoms with E-state index >= 15 is 0 Å². The largest absolute Gasteiger partial charge is 0.352 e. The van der Waals surface area contributed by atoms with Crippen LogP contribution < -0.4 is 10.6 Å². The highest BCUT2D eigenvalue weighted by molar-refractivity contribution is 7.90. The second kappa shape index (κ2) is 9.05. The molecule has 0 aliphatic carbocycles. The van der Waals surface area contributed by atoms with Crippen molar-refractivity contribution in [3.05, 3.63) is 46.2 Å². The number of nitrogens with one attached hydrogen (secondary N) is 2. The first-order chi connectivity index (χ1) is 12.7. The monoisotopic (exact) mass is 416 g/mol. The van der Waals surface area contributed by atoms with Crippen molar-refractivity contribution in [2.24, 2.45) is 0 Å². The van der Waals surface area contributed by atoms with Gasteiger partial charge in [0.25, 0.3) is 12.3 Å². The average Bonchev–Trinajstić information content (AvgIpc) is 3.12. The maximum absolute atomic E-state index is 13.1. The van der Waals surface area contributed by atoms with Gasteiger partial charge in [-0.1, -0.05) is 0 Å². The number of sulfone groups is 1. The highest BCUT2D eigenvalue weighted by Crippen LogP contribution is 2.29. The van der Waals surface area contributed by atoms with Gasteiger partial charge in [0.15, 0.2) is 9.84 Å². The van der Waals surface area contributed by atoms with Crippen molar-refractivity contribution in [2.45, 2.75) is 24.2 Å². The molecular weight excluding hydrogens is 398 g/mol. The molecule has 10 heteroatoms. The summed E-state index contributed by atoms with van der Waals surface area (Å²) in [5.74, 6) is -0.651. The van der Waals surface area contributed by atoms with E-state index in [0.29, 0.717) is 12.0 Å². The van der Waals surface area contributed by atoms with Gasteiger partial charge < -0.3 is 10.6 Å². The summed E-state index contributed by atoms with van der Waals surface area (Å²) in [6.07, 6.45) is -1.71. The van der Waals surface area contributed by atoms with E-state index in [1.807, 2.05) is 0 Å². The number of hydrogen-bond acceptors (Lipinski definition) is 5. The van der Waals surface area contributed by atoms with E-state index in [-0.39, 0.29) is 24.6 Å². The lowest BCUT2D eigenvalue weighted by Gasteiger charge is -2.11. The van der Waals surface area contributed by atoms with Gasteiger partial charge in [-0.3, -0.25) is 9.59 Å². The van der Waals surface area contributed by atoms with E-state index in [9.17, 15) is 26.8 Å². The van der Waals surface area contributed by atoms with Crippen LogP contribution in [0.25, 0.3) is 0 Å². The van der Waals surface area contributed by atoms with Crippen molar-refractivity contribution in [1.29, 1.82) is 0 Å². The molecule has 0 aliphatic heterocycles. The average molecular weight is 416 g/mol. The predicted molar refractivity (Wildman–Crippen MR) is 99.0 cm³/mol. The summed E-state index contributed by atoms with van der Waals surface area (Å²) in [7, 11) is -3.80. The minimum Gasteiger partial charge on any atom is -0.352 e. The van der Waals surface area contributed by atoms with Crippen LogP contribution in [-0.2, 0) is 14.6 Å². The number of carbonyl (C=O) groups is 2. The van der Waals surface area contributed by atoms with Gasteiger partial charge >= 0.3 is 0 Å². The summed E-state index contributed by atoms with van der Waals surface area (Å²) in [5, 5.41) is 8.62. The van der Waals surface area contributed by atoms with Crippen molar-refractivity contribution < 1.29 is 26.8 Å². The van der Waals surface area contributed by atoms with Crippen LogP contribution in [0.5, 0.6) is 0 Å². The zero-order valence-corrected chi connectivity index (χ0v) is 16.0. The van der Waals surface area contributed by atoms with Crippen LogP contribution in [0.1, 0.15) is 35.2 Å². The summed E-state index contributed by atoms with van der Waals surface area (Å²) in [6, 6.07) is 4.96.